The van der Waals surface area contributed by atoms with E-state index in [9.17, 15) is 8.78 Å². The number of hydrogen-bond donors (Lipinski definition) is 0. The lowest BCUT2D eigenvalue weighted by atomic mass is 10.2. The molecule has 0 unspecified atom stereocenters. The van der Waals surface area contributed by atoms with Crippen LogP contribution in [-0.4, -0.2) is 6.21 Å². The van der Waals surface area contributed by atoms with Crippen LogP contribution in [0.2, 0.25) is 0 Å². The van der Waals surface area contributed by atoms with Crippen LogP contribution in [0, 0.1) is 11.6 Å². The van der Waals surface area contributed by atoms with Crippen molar-refractivity contribution in [3.05, 3.63) is 71.3 Å². The first-order valence-corrected chi connectivity index (χ1v) is 5.24. The van der Waals surface area contributed by atoms with Gasteiger partial charge in [0.25, 0.3) is 0 Å². The van der Waals surface area contributed by atoms with Crippen LogP contribution in [0.15, 0.2) is 53.5 Å². The van der Waals surface area contributed by atoms with Gasteiger partial charge in [-0.1, -0.05) is 36.4 Å². The van der Waals surface area contributed by atoms with Gasteiger partial charge in [0.15, 0.2) is 0 Å². The maximum atomic E-state index is 13.3. The van der Waals surface area contributed by atoms with Crippen LogP contribution in [0.4, 0.5) is 8.78 Å². The summed E-state index contributed by atoms with van der Waals surface area (Å²) in [6, 6.07) is 13.0. The lowest BCUT2D eigenvalue weighted by molar-refractivity contribution is 0.573. The molecule has 1 nitrogen and oxygen atoms in total. The Hall–Kier alpha value is -2.03. The molecule has 0 bridgehead atoms. The van der Waals surface area contributed by atoms with Gasteiger partial charge >= 0.3 is 0 Å². The van der Waals surface area contributed by atoms with E-state index in [2.05, 4.69) is 4.99 Å². The van der Waals surface area contributed by atoms with Crippen molar-refractivity contribution >= 4 is 6.21 Å². The molecule has 2 rings (SSSR count). The average molecular weight is 231 g/mol. The van der Waals surface area contributed by atoms with Gasteiger partial charge in [0.2, 0.25) is 0 Å². The highest BCUT2D eigenvalue weighted by atomic mass is 19.1. The fraction of sp³-hybridized carbons (Fsp3) is 0.0714. The quantitative estimate of drug-likeness (QED) is 0.716. The lowest BCUT2D eigenvalue weighted by Crippen LogP contribution is -1.90. The molecule has 0 amide bonds. The summed E-state index contributed by atoms with van der Waals surface area (Å²) >= 11 is 0. The number of rotatable bonds is 3. The van der Waals surface area contributed by atoms with Gasteiger partial charge in [-0.15, -0.1) is 0 Å². The molecule has 0 aliphatic carbocycles. The minimum absolute atomic E-state index is 0.209. The fourth-order valence-electron chi connectivity index (χ4n) is 1.44. The van der Waals surface area contributed by atoms with E-state index in [-0.39, 0.29) is 6.54 Å². The Labute approximate surface area is 98.4 Å². The second-order valence-corrected chi connectivity index (χ2v) is 3.62. The standard InChI is InChI=1S/C14H11F2N/c15-13-7-6-12(14(16)8-13)10-17-9-11-4-2-1-3-5-11/h1-9H,10H2. The third-order valence-corrected chi connectivity index (χ3v) is 2.32. The Morgan fingerprint density at radius 2 is 1.76 bits per heavy atom. The van der Waals surface area contributed by atoms with Crippen LogP contribution in [0.3, 0.4) is 0 Å². The fourth-order valence-corrected chi connectivity index (χ4v) is 1.44. The Morgan fingerprint density at radius 3 is 2.47 bits per heavy atom. The molecule has 86 valence electrons. The highest BCUT2D eigenvalue weighted by Gasteiger charge is 2.01. The summed E-state index contributed by atoms with van der Waals surface area (Å²) in [7, 11) is 0. The molecule has 0 heterocycles. The predicted molar refractivity (Wildman–Crippen MR) is 64.1 cm³/mol. The Morgan fingerprint density at radius 1 is 1.00 bits per heavy atom. The van der Waals surface area contributed by atoms with Gasteiger partial charge in [-0.25, -0.2) is 8.78 Å². The van der Waals surface area contributed by atoms with Gasteiger partial charge in [-0.2, -0.15) is 0 Å². The van der Waals surface area contributed by atoms with Crippen LogP contribution < -0.4 is 0 Å². The van der Waals surface area contributed by atoms with Gasteiger partial charge < -0.3 is 0 Å². The van der Waals surface area contributed by atoms with Gasteiger partial charge in [0.05, 0.1) is 6.54 Å². The van der Waals surface area contributed by atoms with Crippen LogP contribution in [0.1, 0.15) is 11.1 Å². The summed E-state index contributed by atoms with van der Waals surface area (Å²) in [6.45, 7) is 0.209. The first-order valence-electron chi connectivity index (χ1n) is 5.24. The molecule has 0 aliphatic rings. The third-order valence-electron chi connectivity index (χ3n) is 2.32. The van der Waals surface area contributed by atoms with Crippen molar-refractivity contribution in [3.8, 4) is 0 Å². The smallest absolute Gasteiger partial charge is 0.131 e. The van der Waals surface area contributed by atoms with E-state index in [4.69, 9.17) is 0 Å². The number of halogens is 2. The summed E-state index contributed by atoms with van der Waals surface area (Å²) in [4.78, 5) is 4.11. The summed E-state index contributed by atoms with van der Waals surface area (Å²) < 4.78 is 25.9. The Balaban J connectivity index is 2.05. The Bertz CT molecular complexity index is 521. The third kappa shape index (κ3) is 3.21. The number of nitrogens with zero attached hydrogens (tertiary/aromatic N) is 1. The molecule has 0 aliphatic heterocycles. The van der Waals surface area contributed by atoms with E-state index in [0.717, 1.165) is 11.6 Å². The molecule has 0 radical (unpaired) electrons. The number of hydrogen-bond acceptors (Lipinski definition) is 1. The monoisotopic (exact) mass is 231 g/mol. The Kier molecular flexibility index (Phi) is 3.60. The molecule has 0 saturated heterocycles. The minimum atomic E-state index is -0.571. The summed E-state index contributed by atoms with van der Waals surface area (Å²) in [6.07, 6.45) is 1.67. The zero-order valence-corrected chi connectivity index (χ0v) is 9.11. The minimum Gasteiger partial charge on any atom is -0.288 e. The van der Waals surface area contributed by atoms with Gasteiger partial charge in [0, 0.05) is 17.8 Å². The molecule has 0 N–H and O–H groups in total. The largest absolute Gasteiger partial charge is 0.288 e. The van der Waals surface area contributed by atoms with Crippen LogP contribution in [0.25, 0.3) is 0 Å². The van der Waals surface area contributed by atoms with Crippen molar-refractivity contribution in [1.82, 2.24) is 0 Å². The van der Waals surface area contributed by atoms with E-state index in [1.54, 1.807) is 6.21 Å². The highest BCUT2D eigenvalue weighted by Crippen LogP contribution is 2.10. The molecule has 0 spiro atoms. The van der Waals surface area contributed by atoms with Crippen molar-refractivity contribution in [3.63, 3.8) is 0 Å². The molecule has 0 aromatic heterocycles. The molecular formula is C14H11F2N. The average Bonchev–Trinajstić information content (AvgIpc) is 2.33. The number of aliphatic imine (C=N–C) groups is 1. The van der Waals surface area contributed by atoms with Gasteiger partial charge in [-0.3, -0.25) is 4.99 Å². The van der Waals surface area contributed by atoms with Crippen molar-refractivity contribution < 1.29 is 8.78 Å². The predicted octanol–water partition coefficient (Wildman–Crippen LogP) is 3.58. The van der Waals surface area contributed by atoms with Gasteiger partial charge in [0.1, 0.15) is 11.6 Å². The second-order valence-electron chi connectivity index (χ2n) is 3.62. The SMILES string of the molecule is Fc1ccc(CN=Cc2ccccc2)c(F)c1. The second kappa shape index (κ2) is 5.34. The molecule has 0 atom stereocenters. The molecule has 3 heteroatoms. The van der Waals surface area contributed by atoms with Crippen molar-refractivity contribution in [1.29, 1.82) is 0 Å². The van der Waals surface area contributed by atoms with Gasteiger partial charge in [-0.05, 0) is 11.6 Å². The first-order chi connectivity index (χ1) is 8.25. The summed E-state index contributed by atoms with van der Waals surface area (Å²) in [5.41, 5.74) is 1.34. The first kappa shape index (κ1) is 11.5. The normalized spacial score (nSPS) is 10.9. The zero-order valence-electron chi connectivity index (χ0n) is 9.11. The zero-order chi connectivity index (χ0) is 12.1. The summed E-state index contributed by atoms with van der Waals surface area (Å²) in [5.74, 6) is -1.13. The molecular weight excluding hydrogens is 220 g/mol. The molecule has 17 heavy (non-hydrogen) atoms. The molecule has 0 saturated carbocycles. The van der Waals surface area contributed by atoms with E-state index in [1.807, 2.05) is 30.3 Å². The molecule has 0 fully saturated rings. The van der Waals surface area contributed by atoms with Crippen molar-refractivity contribution in [2.75, 3.05) is 0 Å². The van der Waals surface area contributed by atoms with Crippen LogP contribution >= 0.6 is 0 Å². The molecule has 2 aromatic carbocycles. The van der Waals surface area contributed by atoms with Crippen molar-refractivity contribution in [2.45, 2.75) is 6.54 Å². The van der Waals surface area contributed by atoms with E-state index in [1.165, 1.54) is 12.1 Å². The maximum Gasteiger partial charge on any atom is 0.131 e. The lowest BCUT2D eigenvalue weighted by Gasteiger charge is -1.99. The summed E-state index contributed by atoms with van der Waals surface area (Å²) in [5, 5.41) is 0. The van der Waals surface area contributed by atoms with E-state index < -0.39 is 11.6 Å². The topological polar surface area (TPSA) is 12.4 Å². The van der Waals surface area contributed by atoms with Crippen molar-refractivity contribution in [2.24, 2.45) is 4.99 Å². The molecule has 2 aromatic rings. The van der Waals surface area contributed by atoms with E-state index >= 15 is 0 Å². The van der Waals surface area contributed by atoms with Crippen LogP contribution in [0.5, 0.6) is 0 Å². The number of benzene rings is 2. The van der Waals surface area contributed by atoms with E-state index in [0.29, 0.717) is 5.56 Å². The highest BCUT2D eigenvalue weighted by molar-refractivity contribution is 5.79. The maximum absolute atomic E-state index is 13.3. The van der Waals surface area contributed by atoms with Crippen LogP contribution in [-0.2, 0) is 6.54 Å².